The Morgan fingerprint density at radius 1 is 0.318 bits per heavy atom. The molecule has 6 heteroatoms. The molecule has 6 nitrogen and oxygen atoms in total. The molecule has 0 bridgehead atoms. The first kappa shape index (κ1) is 62.3. The van der Waals surface area contributed by atoms with Crippen molar-refractivity contribution in [1.29, 1.82) is 0 Å². The summed E-state index contributed by atoms with van der Waals surface area (Å²) >= 11 is 0. The van der Waals surface area contributed by atoms with E-state index >= 15 is 0 Å². The molecule has 66 heavy (non-hydrogen) atoms. The van der Waals surface area contributed by atoms with Crippen molar-refractivity contribution >= 4 is 17.9 Å². The minimum atomic E-state index is -0.787. The van der Waals surface area contributed by atoms with E-state index in [0.717, 1.165) is 135 Å². The van der Waals surface area contributed by atoms with Crippen LogP contribution in [0.25, 0.3) is 0 Å². The number of hydrogen-bond acceptors (Lipinski definition) is 6. The second kappa shape index (κ2) is 53.9. The number of hydrogen-bond donors (Lipinski definition) is 0. The van der Waals surface area contributed by atoms with Crippen LogP contribution in [0, 0.1) is 0 Å². The van der Waals surface area contributed by atoms with E-state index in [1.165, 1.54) is 70.6 Å². The number of rotatable bonds is 48. The predicted molar refractivity (Wildman–Crippen MR) is 284 cm³/mol. The standard InChI is InChI=1S/C60H100O6/c1-4-7-10-13-16-19-22-23-24-25-26-27-28-29-30-31-32-33-34-35-36-37-39-41-44-47-50-53-59(62)65-56-57(55-64-58(61)52-49-46-43-40-21-18-15-12-9-6-3)66-60(63)54-51-48-45-42-38-20-17-14-11-8-5-2/h7,10,14,16-17,19,23-24,26-27,29-30,32-33,35-36,57H,4-6,8-9,11-13,15,18,20-22,25,28,31,34,37-56H2,1-3H3/b10-7-,17-14-,19-16-,24-23-,27-26-,30-29-,33-32-,36-35-. The van der Waals surface area contributed by atoms with Gasteiger partial charge in [0.25, 0.3) is 0 Å². The molecule has 0 aromatic rings. The average Bonchev–Trinajstić information content (AvgIpc) is 3.31. The summed E-state index contributed by atoms with van der Waals surface area (Å²) in [6, 6.07) is 0. The maximum absolute atomic E-state index is 12.8. The lowest BCUT2D eigenvalue weighted by Gasteiger charge is -2.18. The van der Waals surface area contributed by atoms with E-state index in [2.05, 4.69) is 118 Å². The van der Waals surface area contributed by atoms with Gasteiger partial charge in [-0.25, -0.2) is 0 Å². The zero-order valence-corrected chi connectivity index (χ0v) is 42.9. The van der Waals surface area contributed by atoms with Crippen molar-refractivity contribution in [3.63, 3.8) is 0 Å². The molecule has 0 spiro atoms. The molecule has 0 aliphatic heterocycles. The molecule has 0 N–H and O–H groups in total. The van der Waals surface area contributed by atoms with Crippen molar-refractivity contribution in [1.82, 2.24) is 0 Å². The van der Waals surface area contributed by atoms with Gasteiger partial charge in [-0.3, -0.25) is 14.4 Å². The molecule has 0 heterocycles. The van der Waals surface area contributed by atoms with Gasteiger partial charge in [0.2, 0.25) is 0 Å². The molecule has 0 rings (SSSR count). The zero-order chi connectivity index (χ0) is 47.9. The van der Waals surface area contributed by atoms with E-state index in [1.54, 1.807) is 0 Å². The number of carbonyl (C=O) groups is 3. The van der Waals surface area contributed by atoms with Crippen LogP contribution >= 0.6 is 0 Å². The molecule has 0 aliphatic carbocycles. The van der Waals surface area contributed by atoms with Crippen molar-refractivity contribution in [3.8, 4) is 0 Å². The Morgan fingerprint density at radius 3 is 0.985 bits per heavy atom. The smallest absolute Gasteiger partial charge is 0.306 e. The van der Waals surface area contributed by atoms with Crippen molar-refractivity contribution in [2.45, 2.75) is 252 Å². The topological polar surface area (TPSA) is 78.9 Å². The lowest BCUT2D eigenvalue weighted by atomic mass is 10.1. The third-order valence-corrected chi connectivity index (χ3v) is 11.3. The third-order valence-electron chi connectivity index (χ3n) is 11.3. The molecule has 0 saturated carbocycles. The fraction of sp³-hybridized carbons (Fsp3) is 0.683. The Hall–Kier alpha value is -3.67. The molecule has 0 aromatic carbocycles. The maximum Gasteiger partial charge on any atom is 0.306 e. The molecule has 376 valence electrons. The number of unbranched alkanes of at least 4 members (excludes halogenated alkanes) is 21. The fourth-order valence-corrected chi connectivity index (χ4v) is 7.23. The van der Waals surface area contributed by atoms with Crippen LogP contribution in [0.15, 0.2) is 97.2 Å². The molecule has 0 saturated heterocycles. The van der Waals surface area contributed by atoms with Crippen LogP contribution < -0.4 is 0 Å². The predicted octanol–water partition coefficient (Wildman–Crippen LogP) is 18.1. The summed E-state index contributed by atoms with van der Waals surface area (Å²) in [7, 11) is 0. The van der Waals surface area contributed by atoms with Gasteiger partial charge in [0.1, 0.15) is 13.2 Å². The molecule has 1 unspecified atom stereocenters. The first-order valence-electron chi connectivity index (χ1n) is 27.2. The highest BCUT2D eigenvalue weighted by Crippen LogP contribution is 2.14. The Kier molecular flexibility index (Phi) is 50.9. The molecule has 0 fully saturated rings. The van der Waals surface area contributed by atoms with Gasteiger partial charge in [0.15, 0.2) is 6.10 Å². The quantitative estimate of drug-likeness (QED) is 0.0262. The number of carbonyl (C=O) groups excluding carboxylic acids is 3. The normalized spacial score (nSPS) is 12.8. The Morgan fingerprint density at radius 2 is 0.606 bits per heavy atom. The fourth-order valence-electron chi connectivity index (χ4n) is 7.23. The van der Waals surface area contributed by atoms with Crippen molar-refractivity contribution in [2.24, 2.45) is 0 Å². The minimum absolute atomic E-state index is 0.0861. The van der Waals surface area contributed by atoms with Crippen molar-refractivity contribution < 1.29 is 28.6 Å². The molecule has 0 amide bonds. The highest BCUT2D eigenvalue weighted by Gasteiger charge is 2.19. The molecule has 1 atom stereocenters. The largest absolute Gasteiger partial charge is 0.462 e. The minimum Gasteiger partial charge on any atom is -0.462 e. The SMILES string of the molecule is CC/C=C\C/C=C\C/C=C\C/C=C\C/C=C\C/C=C\C/C=C\CCCCCCCC(=O)OCC(COC(=O)CCCCCCCCCCCC)OC(=O)CCCCCCC/C=C\CCCC. The first-order valence-corrected chi connectivity index (χ1v) is 27.2. The van der Waals surface area contributed by atoms with Crippen LogP contribution in [0.1, 0.15) is 245 Å². The molecule has 0 radical (unpaired) electrons. The van der Waals surface area contributed by atoms with Gasteiger partial charge < -0.3 is 14.2 Å². The number of esters is 3. The van der Waals surface area contributed by atoms with Gasteiger partial charge >= 0.3 is 17.9 Å². The molecule has 0 aromatic heterocycles. The van der Waals surface area contributed by atoms with Crippen LogP contribution in [0.4, 0.5) is 0 Å². The second-order valence-electron chi connectivity index (χ2n) is 17.8. The number of ether oxygens (including phenoxy) is 3. The van der Waals surface area contributed by atoms with E-state index in [4.69, 9.17) is 14.2 Å². The lowest BCUT2D eigenvalue weighted by molar-refractivity contribution is -0.167. The first-order chi connectivity index (χ1) is 32.5. The lowest BCUT2D eigenvalue weighted by Crippen LogP contribution is -2.30. The summed E-state index contributed by atoms with van der Waals surface area (Å²) in [5.74, 6) is -0.919. The van der Waals surface area contributed by atoms with Gasteiger partial charge in [-0.15, -0.1) is 0 Å². The van der Waals surface area contributed by atoms with Gasteiger partial charge in [0.05, 0.1) is 0 Å². The monoisotopic (exact) mass is 917 g/mol. The Balaban J connectivity index is 4.28. The van der Waals surface area contributed by atoms with E-state index in [-0.39, 0.29) is 31.1 Å². The zero-order valence-electron chi connectivity index (χ0n) is 42.9. The highest BCUT2D eigenvalue weighted by atomic mass is 16.6. The van der Waals surface area contributed by atoms with Crippen LogP contribution in [-0.4, -0.2) is 37.2 Å². The summed E-state index contributed by atoms with van der Waals surface area (Å²) in [5, 5.41) is 0. The summed E-state index contributed by atoms with van der Waals surface area (Å²) in [6.07, 6.45) is 71.2. The van der Waals surface area contributed by atoms with E-state index in [0.29, 0.717) is 19.3 Å². The third kappa shape index (κ3) is 51.3. The van der Waals surface area contributed by atoms with Crippen LogP contribution in [0.5, 0.6) is 0 Å². The van der Waals surface area contributed by atoms with Crippen molar-refractivity contribution in [3.05, 3.63) is 97.2 Å². The highest BCUT2D eigenvalue weighted by molar-refractivity contribution is 5.71. The van der Waals surface area contributed by atoms with Gasteiger partial charge in [-0.05, 0) is 96.3 Å². The van der Waals surface area contributed by atoms with E-state index < -0.39 is 6.10 Å². The molecule has 0 aliphatic rings. The average molecular weight is 917 g/mol. The van der Waals surface area contributed by atoms with Gasteiger partial charge in [0, 0.05) is 19.3 Å². The van der Waals surface area contributed by atoms with Gasteiger partial charge in [-0.1, -0.05) is 227 Å². The number of allylic oxidation sites excluding steroid dienone is 16. The van der Waals surface area contributed by atoms with E-state index in [1.807, 2.05) is 0 Å². The Labute approximate surface area is 407 Å². The summed E-state index contributed by atoms with van der Waals surface area (Å²) < 4.78 is 16.7. The summed E-state index contributed by atoms with van der Waals surface area (Å²) in [5.41, 5.74) is 0. The molecular formula is C60H100O6. The molecular weight excluding hydrogens is 817 g/mol. The Bertz CT molecular complexity index is 1330. The van der Waals surface area contributed by atoms with Crippen LogP contribution in [0.2, 0.25) is 0 Å². The van der Waals surface area contributed by atoms with Crippen LogP contribution in [-0.2, 0) is 28.6 Å². The van der Waals surface area contributed by atoms with Gasteiger partial charge in [-0.2, -0.15) is 0 Å². The second-order valence-corrected chi connectivity index (χ2v) is 17.8. The van der Waals surface area contributed by atoms with Crippen molar-refractivity contribution in [2.75, 3.05) is 13.2 Å². The summed E-state index contributed by atoms with van der Waals surface area (Å²) in [4.78, 5) is 37.9. The van der Waals surface area contributed by atoms with E-state index in [9.17, 15) is 14.4 Å². The van der Waals surface area contributed by atoms with Crippen LogP contribution in [0.3, 0.4) is 0 Å². The summed E-state index contributed by atoms with van der Waals surface area (Å²) in [6.45, 7) is 6.44. The maximum atomic E-state index is 12.8.